The Morgan fingerprint density at radius 2 is 2.44 bits per heavy atom. The van der Waals surface area contributed by atoms with E-state index < -0.39 is 12.0 Å². The second-order valence-electron chi connectivity index (χ2n) is 3.68. The Labute approximate surface area is 108 Å². The number of nitrogens with zero attached hydrogens (tertiary/aromatic N) is 1. The van der Waals surface area contributed by atoms with Gasteiger partial charge in [-0.1, -0.05) is 11.8 Å². The zero-order valence-electron chi connectivity index (χ0n) is 9.71. The van der Waals surface area contributed by atoms with E-state index in [1.807, 2.05) is 18.2 Å². The van der Waals surface area contributed by atoms with Gasteiger partial charge in [-0.15, -0.1) is 0 Å². The van der Waals surface area contributed by atoms with E-state index in [4.69, 9.17) is 15.6 Å². The fraction of sp³-hybridized carbons (Fsp3) is 0.273. The topological polar surface area (TPSA) is 101 Å². The standard InChI is InChI=1S/C11H13N3O3S/c1-17-6-2-3-8-9(4-6)14-11(13-8)18-5-7(12)10(15)16/h2-4,7H,5,12H2,1H3,(H,13,14)(H,15,16). The molecule has 1 heterocycles. The zero-order chi connectivity index (χ0) is 13.1. The lowest BCUT2D eigenvalue weighted by Crippen LogP contribution is -2.32. The first-order valence-electron chi connectivity index (χ1n) is 5.25. The molecule has 2 aromatic rings. The molecule has 0 spiro atoms. The lowest BCUT2D eigenvalue weighted by atomic mass is 10.3. The average molecular weight is 267 g/mol. The maximum atomic E-state index is 10.6. The lowest BCUT2D eigenvalue weighted by molar-refractivity contribution is -0.137. The number of thioether (sulfide) groups is 1. The number of hydrogen-bond acceptors (Lipinski definition) is 5. The quantitative estimate of drug-likeness (QED) is 0.701. The molecular formula is C11H13N3O3S. The fourth-order valence-electron chi connectivity index (χ4n) is 1.40. The molecule has 0 bridgehead atoms. The van der Waals surface area contributed by atoms with Crippen LogP contribution in [0.3, 0.4) is 0 Å². The van der Waals surface area contributed by atoms with E-state index >= 15 is 0 Å². The number of hydrogen-bond donors (Lipinski definition) is 3. The van der Waals surface area contributed by atoms with Gasteiger partial charge in [0.15, 0.2) is 5.16 Å². The van der Waals surface area contributed by atoms with Crippen molar-refractivity contribution in [2.24, 2.45) is 5.73 Å². The maximum absolute atomic E-state index is 10.6. The number of methoxy groups -OCH3 is 1. The Morgan fingerprint density at radius 1 is 1.67 bits per heavy atom. The van der Waals surface area contributed by atoms with E-state index in [-0.39, 0.29) is 5.75 Å². The highest BCUT2D eigenvalue weighted by molar-refractivity contribution is 7.99. The third-order valence-corrected chi connectivity index (χ3v) is 3.38. The number of aliphatic carboxylic acids is 1. The Bertz CT molecular complexity index is 570. The predicted octanol–water partition coefficient (Wildman–Crippen LogP) is 1.08. The molecule has 6 nitrogen and oxygen atoms in total. The molecule has 0 radical (unpaired) electrons. The van der Waals surface area contributed by atoms with Crippen LogP contribution in [-0.2, 0) is 4.79 Å². The van der Waals surface area contributed by atoms with E-state index in [0.717, 1.165) is 16.8 Å². The Kier molecular flexibility index (Phi) is 3.73. The normalized spacial score (nSPS) is 12.6. The van der Waals surface area contributed by atoms with Crippen molar-refractivity contribution in [2.75, 3.05) is 12.9 Å². The van der Waals surface area contributed by atoms with Crippen molar-refractivity contribution in [3.63, 3.8) is 0 Å². The van der Waals surface area contributed by atoms with Gasteiger partial charge >= 0.3 is 5.97 Å². The molecule has 0 aliphatic carbocycles. The molecule has 1 aromatic heterocycles. The van der Waals surface area contributed by atoms with Gasteiger partial charge in [-0.25, -0.2) is 4.98 Å². The summed E-state index contributed by atoms with van der Waals surface area (Å²) in [6.07, 6.45) is 0. The van der Waals surface area contributed by atoms with Gasteiger partial charge in [-0.05, 0) is 12.1 Å². The summed E-state index contributed by atoms with van der Waals surface area (Å²) >= 11 is 1.28. The highest BCUT2D eigenvalue weighted by Crippen LogP contribution is 2.23. The smallest absolute Gasteiger partial charge is 0.321 e. The Hall–Kier alpha value is -1.73. The molecule has 18 heavy (non-hydrogen) atoms. The molecule has 96 valence electrons. The van der Waals surface area contributed by atoms with E-state index in [2.05, 4.69) is 9.97 Å². The molecule has 0 fully saturated rings. The Balaban J connectivity index is 2.12. The number of ether oxygens (including phenoxy) is 1. The first-order chi connectivity index (χ1) is 8.60. The number of aromatic nitrogens is 2. The van der Waals surface area contributed by atoms with Crippen LogP contribution in [0.15, 0.2) is 23.4 Å². The van der Waals surface area contributed by atoms with Crippen LogP contribution in [0.4, 0.5) is 0 Å². The molecule has 1 unspecified atom stereocenters. The second-order valence-corrected chi connectivity index (χ2v) is 4.69. The van der Waals surface area contributed by atoms with Gasteiger partial charge in [0.25, 0.3) is 0 Å². The molecule has 0 amide bonds. The van der Waals surface area contributed by atoms with Gasteiger partial charge in [0.2, 0.25) is 0 Å². The summed E-state index contributed by atoms with van der Waals surface area (Å²) in [5.74, 6) is -0.00282. The SMILES string of the molecule is COc1ccc2nc(SCC(N)C(=O)O)[nH]c2c1. The summed E-state index contributed by atoms with van der Waals surface area (Å²) in [6.45, 7) is 0. The first-order valence-corrected chi connectivity index (χ1v) is 6.23. The van der Waals surface area contributed by atoms with Crippen LogP contribution in [0.5, 0.6) is 5.75 Å². The van der Waals surface area contributed by atoms with Gasteiger partial charge in [-0.3, -0.25) is 4.79 Å². The van der Waals surface area contributed by atoms with Gasteiger partial charge < -0.3 is 20.6 Å². The van der Waals surface area contributed by atoms with Crippen LogP contribution < -0.4 is 10.5 Å². The van der Waals surface area contributed by atoms with Gasteiger partial charge in [0, 0.05) is 11.8 Å². The number of carboxylic acids is 1. The lowest BCUT2D eigenvalue weighted by Gasteiger charge is -2.02. The monoisotopic (exact) mass is 267 g/mol. The van der Waals surface area contributed by atoms with Crippen molar-refractivity contribution in [3.8, 4) is 5.75 Å². The number of aromatic amines is 1. The van der Waals surface area contributed by atoms with E-state index in [1.165, 1.54) is 11.8 Å². The van der Waals surface area contributed by atoms with Crippen molar-refractivity contribution in [1.82, 2.24) is 9.97 Å². The summed E-state index contributed by atoms with van der Waals surface area (Å²) in [6, 6.07) is 4.61. The molecule has 2 rings (SSSR count). The molecule has 1 aromatic carbocycles. The molecule has 7 heteroatoms. The second kappa shape index (κ2) is 5.28. The Morgan fingerprint density at radius 3 is 3.11 bits per heavy atom. The summed E-state index contributed by atoms with van der Waals surface area (Å²) < 4.78 is 5.11. The maximum Gasteiger partial charge on any atom is 0.321 e. The zero-order valence-corrected chi connectivity index (χ0v) is 10.5. The fourth-order valence-corrected chi connectivity index (χ4v) is 2.23. The summed E-state index contributed by atoms with van der Waals surface area (Å²) in [7, 11) is 1.60. The van der Waals surface area contributed by atoms with Gasteiger partial charge in [-0.2, -0.15) is 0 Å². The van der Waals surface area contributed by atoms with Crippen molar-refractivity contribution >= 4 is 28.8 Å². The van der Waals surface area contributed by atoms with Crippen molar-refractivity contribution in [3.05, 3.63) is 18.2 Å². The van der Waals surface area contributed by atoms with Crippen LogP contribution in [0, 0.1) is 0 Å². The molecule has 1 atom stereocenters. The number of imidazole rings is 1. The molecule has 4 N–H and O–H groups in total. The first kappa shape index (κ1) is 12.7. The molecule has 0 aliphatic heterocycles. The highest BCUT2D eigenvalue weighted by Gasteiger charge is 2.13. The van der Waals surface area contributed by atoms with Crippen LogP contribution in [0.2, 0.25) is 0 Å². The third kappa shape index (κ3) is 2.74. The predicted molar refractivity (Wildman–Crippen MR) is 69.0 cm³/mol. The van der Waals surface area contributed by atoms with Crippen LogP contribution in [-0.4, -0.2) is 39.9 Å². The third-order valence-electron chi connectivity index (χ3n) is 2.38. The highest BCUT2D eigenvalue weighted by atomic mass is 32.2. The van der Waals surface area contributed by atoms with Crippen molar-refractivity contribution in [2.45, 2.75) is 11.2 Å². The number of fused-ring (bicyclic) bond motifs is 1. The van der Waals surface area contributed by atoms with Crippen molar-refractivity contribution < 1.29 is 14.6 Å². The summed E-state index contributed by atoms with van der Waals surface area (Å²) in [5, 5.41) is 9.33. The number of rotatable bonds is 5. The van der Waals surface area contributed by atoms with Crippen molar-refractivity contribution in [1.29, 1.82) is 0 Å². The van der Waals surface area contributed by atoms with Crippen LogP contribution >= 0.6 is 11.8 Å². The minimum atomic E-state index is -1.01. The number of nitrogens with one attached hydrogen (secondary N) is 1. The number of carboxylic acid groups (broad SMARTS) is 1. The average Bonchev–Trinajstić information content (AvgIpc) is 2.77. The van der Waals surface area contributed by atoms with Crippen LogP contribution in [0.25, 0.3) is 11.0 Å². The summed E-state index contributed by atoms with van der Waals surface area (Å²) in [4.78, 5) is 18.0. The number of H-pyrrole nitrogens is 1. The number of carbonyl (C=O) groups is 1. The van der Waals surface area contributed by atoms with Crippen LogP contribution in [0.1, 0.15) is 0 Å². The molecule has 0 saturated heterocycles. The summed E-state index contributed by atoms with van der Waals surface area (Å²) in [5.41, 5.74) is 7.08. The number of nitrogens with two attached hydrogens (primary N) is 1. The number of benzene rings is 1. The molecule has 0 aliphatic rings. The minimum absolute atomic E-state index is 0.270. The minimum Gasteiger partial charge on any atom is -0.497 e. The van der Waals surface area contributed by atoms with E-state index in [1.54, 1.807) is 7.11 Å². The molecular weight excluding hydrogens is 254 g/mol. The van der Waals surface area contributed by atoms with E-state index in [0.29, 0.717) is 5.16 Å². The van der Waals surface area contributed by atoms with E-state index in [9.17, 15) is 4.79 Å². The van der Waals surface area contributed by atoms with Gasteiger partial charge in [0.1, 0.15) is 11.8 Å². The largest absolute Gasteiger partial charge is 0.497 e. The van der Waals surface area contributed by atoms with Gasteiger partial charge in [0.05, 0.1) is 18.1 Å². The molecule has 0 saturated carbocycles.